The number of halogens is 3. The average molecular weight is 561 g/mol. The van der Waals surface area contributed by atoms with Gasteiger partial charge in [0, 0.05) is 13.1 Å². The van der Waals surface area contributed by atoms with Gasteiger partial charge in [-0.15, -0.1) is 0 Å². The molecule has 2 aliphatic rings. The van der Waals surface area contributed by atoms with E-state index in [-0.39, 0.29) is 39.2 Å². The van der Waals surface area contributed by atoms with E-state index >= 15 is 0 Å². The van der Waals surface area contributed by atoms with Gasteiger partial charge in [0.1, 0.15) is 16.5 Å². The lowest BCUT2D eigenvalue weighted by Crippen LogP contribution is -2.31. The summed E-state index contributed by atoms with van der Waals surface area (Å²) >= 11 is 5.80. The smallest absolute Gasteiger partial charge is 0.307 e. The van der Waals surface area contributed by atoms with Gasteiger partial charge >= 0.3 is 5.97 Å². The van der Waals surface area contributed by atoms with Crippen LogP contribution in [0.4, 0.5) is 26.2 Å². The quantitative estimate of drug-likeness (QED) is 0.442. The van der Waals surface area contributed by atoms with Crippen LogP contribution in [0.15, 0.2) is 47.4 Å². The maximum atomic E-state index is 14.8. The van der Waals surface area contributed by atoms with E-state index in [0.29, 0.717) is 44.0 Å². The number of nitrogens with zero attached hydrogens (tertiary/aromatic N) is 3. The van der Waals surface area contributed by atoms with Gasteiger partial charge in [0.25, 0.3) is 0 Å². The van der Waals surface area contributed by atoms with Gasteiger partial charge in [-0.25, -0.2) is 22.2 Å². The van der Waals surface area contributed by atoms with Crippen LogP contribution >= 0.6 is 11.6 Å². The summed E-state index contributed by atoms with van der Waals surface area (Å²) in [6, 6.07) is 8.57. The summed E-state index contributed by atoms with van der Waals surface area (Å²) in [6.45, 7) is 0.905. The Balaban J connectivity index is 1.48. The van der Waals surface area contributed by atoms with Crippen molar-refractivity contribution in [2.75, 3.05) is 29.1 Å². The summed E-state index contributed by atoms with van der Waals surface area (Å²) in [7, 11) is -3.69. The van der Waals surface area contributed by atoms with Gasteiger partial charge in [-0.3, -0.25) is 4.79 Å². The Morgan fingerprint density at radius 2 is 1.92 bits per heavy atom. The summed E-state index contributed by atoms with van der Waals surface area (Å²) < 4.78 is 54.6. The highest BCUT2D eigenvalue weighted by molar-refractivity contribution is 7.91. The monoisotopic (exact) mass is 560 g/mol. The maximum absolute atomic E-state index is 14.8. The van der Waals surface area contributed by atoms with E-state index in [1.807, 2.05) is 11.0 Å². The maximum Gasteiger partial charge on any atom is 0.307 e. The highest BCUT2D eigenvalue weighted by Crippen LogP contribution is 2.35. The van der Waals surface area contributed by atoms with Gasteiger partial charge in [-0.05, 0) is 60.2 Å². The summed E-state index contributed by atoms with van der Waals surface area (Å²) in [5.41, 5.74) is 2.28. The van der Waals surface area contributed by atoms with Crippen LogP contribution in [0.2, 0.25) is 5.02 Å². The summed E-state index contributed by atoms with van der Waals surface area (Å²) in [5.74, 6) is -2.11. The molecule has 0 saturated heterocycles. The van der Waals surface area contributed by atoms with Crippen LogP contribution in [-0.2, 0) is 27.5 Å². The molecule has 3 aromatic rings. The lowest BCUT2D eigenvalue weighted by molar-refractivity contribution is -0.136. The van der Waals surface area contributed by atoms with E-state index in [9.17, 15) is 22.0 Å². The fraction of sp³-hybridized carbons (Fsp3) is 0.269. The minimum absolute atomic E-state index is 0.0240. The van der Waals surface area contributed by atoms with Crippen molar-refractivity contribution in [2.24, 2.45) is 0 Å². The number of benzene rings is 2. The fourth-order valence-corrected chi connectivity index (χ4v) is 6.36. The molecule has 2 N–H and O–H groups in total. The molecule has 2 aromatic carbocycles. The third-order valence-corrected chi connectivity index (χ3v) is 8.67. The Morgan fingerprint density at radius 1 is 1.11 bits per heavy atom. The molecule has 0 unspecified atom stereocenters. The molecule has 0 bridgehead atoms. The second-order valence-corrected chi connectivity index (χ2v) is 11.6. The van der Waals surface area contributed by atoms with Crippen molar-refractivity contribution < 1.29 is 27.1 Å². The molecular formula is C26H23ClF2N4O4S. The highest BCUT2D eigenvalue weighted by atomic mass is 35.5. The number of carbonyl (C=O) groups is 1. The molecule has 0 spiro atoms. The molecule has 0 amide bonds. The number of aliphatic carboxylic acids is 1. The average Bonchev–Trinajstić information content (AvgIpc) is 2.86. The number of rotatable bonds is 6. The second kappa shape index (κ2) is 10.3. The van der Waals surface area contributed by atoms with Crippen LogP contribution in [0.3, 0.4) is 0 Å². The molecule has 0 saturated carbocycles. The zero-order valence-corrected chi connectivity index (χ0v) is 21.6. The predicted octanol–water partition coefficient (Wildman–Crippen LogP) is 4.79. The molecular weight excluding hydrogens is 538 g/mol. The van der Waals surface area contributed by atoms with E-state index in [1.165, 1.54) is 24.3 Å². The number of aryl methyl sites for hydroxylation is 1. The minimum Gasteiger partial charge on any atom is -0.481 e. The molecule has 0 atom stereocenters. The first-order valence-corrected chi connectivity index (χ1v) is 13.9. The Morgan fingerprint density at radius 3 is 2.61 bits per heavy atom. The van der Waals surface area contributed by atoms with Gasteiger partial charge in [0.05, 0.1) is 28.6 Å². The number of hydrogen-bond donors (Lipinski definition) is 2. The van der Waals surface area contributed by atoms with Crippen molar-refractivity contribution in [3.63, 3.8) is 0 Å². The van der Waals surface area contributed by atoms with E-state index in [2.05, 4.69) is 15.3 Å². The lowest BCUT2D eigenvalue weighted by Gasteiger charge is -2.29. The summed E-state index contributed by atoms with van der Waals surface area (Å²) in [5, 5.41) is 11.8. The Bertz CT molecular complexity index is 1580. The van der Waals surface area contributed by atoms with E-state index < -0.39 is 27.4 Å². The minimum atomic E-state index is -3.69. The van der Waals surface area contributed by atoms with Gasteiger partial charge in [-0.1, -0.05) is 29.8 Å². The molecule has 1 aromatic heterocycles. The zero-order valence-electron chi connectivity index (χ0n) is 20.0. The standard InChI is InChI=1S/C26H23ClF2N4O4S/c27-18-5-4-17(14-19(18)28)16-7-9-33(10-8-16)26-31-22-2-1-11-38(36,37)24(22)25(32-26)30-21-6-3-15(12-20(21)29)13-23(34)35/h3-7,12,14H,1-2,8-11,13H2,(H,34,35)(H,30,31,32). The van der Waals surface area contributed by atoms with Gasteiger partial charge < -0.3 is 15.3 Å². The van der Waals surface area contributed by atoms with Crippen LogP contribution in [0.1, 0.15) is 29.7 Å². The number of hydrogen-bond acceptors (Lipinski definition) is 7. The number of sulfone groups is 1. The number of fused-ring (bicyclic) bond motifs is 1. The van der Waals surface area contributed by atoms with Crippen molar-refractivity contribution in [3.05, 3.63) is 76.0 Å². The van der Waals surface area contributed by atoms with Crippen molar-refractivity contribution >= 4 is 50.4 Å². The van der Waals surface area contributed by atoms with Crippen LogP contribution in [0, 0.1) is 11.6 Å². The van der Waals surface area contributed by atoms with E-state index in [0.717, 1.165) is 17.2 Å². The molecule has 2 aliphatic heterocycles. The van der Waals surface area contributed by atoms with Gasteiger partial charge in [-0.2, -0.15) is 4.98 Å². The van der Waals surface area contributed by atoms with Crippen LogP contribution < -0.4 is 10.2 Å². The molecule has 3 heterocycles. The highest BCUT2D eigenvalue weighted by Gasteiger charge is 2.31. The Kier molecular flexibility index (Phi) is 7.06. The molecule has 8 nitrogen and oxygen atoms in total. The summed E-state index contributed by atoms with van der Waals surface area (Å²) in [6.07, 6.45) is 3.00. The normalized spacial score (nSPS) is 16.5. The first-order valence-electron chi connectivity index (χ1n) is 11.9. The number of nitrogens with one attached hydrogen (secondary N) is 1. The third kappa shape index (κ3) is 5.34. The lowest BCUT2D eigenvalue weighted by atomic mass is 9.99. The molecule has 5 rings (SSSR count). The molecule has 12 heteroatoms. The van der Waals surface area contributed by atoms with E-state index in [1.54, 1.807) is 6.07 Å². The van der Waals surface area contributed by atoms with Gasteiger partial charge in [0.15, 0.2) is 15.7 Å². The predicted molar refractivity (Wildman–Crippen MR) is 140 cm³/mol. The zero-order chi connectivity index (χ0) is 27.0. The molecule has 38 heavy (non-hydrogen) atoms. The van der Waals surface area contributed by atoms with Crippen molar-refractivity contribution in [3.8, 4) is 0 Å². The topological polar surface area (TPSA) is 112 Å². The largest absolute Gasteiger partial charge is 0.481 e. The second-order valence-electron chi connectivity index (χ2n) is 9.13. The summed E-state index contributed by atoms with van der Waals surface area (Å²) in [4.78, 5) is 21.8. The first-order chi connectivity index (χ1) is 18.1. The Hall–Kier alpha value is -3.57. The van der Waals surface area contributed by atoms with Crippen molar-refractivity contribution in [1.82, 2.24) is 9.97 Å². The fourth-order valence-electron chi connectivity index (χ4n) is 4.62. The molecule has 0 aliphatic carbocycles. The number of carboxylic acid groups (broad SMARTS) is 1. The van der Waals surface area contributed by atoms with Gasteiger partial charge in [0.2, 0.25) is 5.95 Å². The number of anilines is 3. The first kappa shape index (κ1) is 26.1. The third-order valence-electron chi connectivity index (χ3n) is 6.49. The van der Waals surface area contributed by atoms with Crippen molar-refractivity contribution in [2.45, 2.75) is 30.6 Å². The molecule has 0 fully saturated rings. The van der Waals surface area contributed by atoms with Crippen LogP contribution in [0.25, 0.3) is 5.57 Å². The number of aromatic nitrogens is 2. The van der Waals surface area contributed by atoms with E-state index in [4.69, 9.17) is 16.7 Å². The number of carboxylic acids is 1. The SMILES string of the molecule is O=C(O)Cc1ccc(Nc2nc(N3CC=C(c4ccc(Cl)c(F)c4)CC3)nc3c2S(=O)(=O)CCC3)c(F)c1. The van der Waals surface area contributed by atoms with Crippen molar-refractivity contribution in [1.29, 1.82) is 0 Å². The molecule has 198 valence electrons. The Labute approximate surface area is 222 Å². The van der Waals surface area contributed by atoms with Crippen LogP contribution in [0.5, 0.6) is 0 Å². The van der Waals surface area contributed by atoms with Crippen LogP contribution in [-0.4, -0.2) is 48.3 Å². The molecule has 0 radical (unpaired) electrons.